The third kappa shape index (κ3) is 2.88. The molecule has 4 nitrogen and oxygen atoms in total. The summed E-state index contributed by atoms with van der Waals surface area (Å²) in [5.41, 5.74) is 2.66. The lowest BCUT2D eigenvalue weighted by Gasteiger charge is -2.36. The first-order chi connectivity index (χ1) is 14.5. The largest absolute Gasteiger partial charge is 0.355 e. The normalized spacial score (nSPS) is 20.2. The standard InChI is InChI=1S/C23H17Cl2N3OS/c1-27-20-12-11-18(25)13-19(20)23(16-5-3-2-4-6-16)28(14-21(27)30)22(26-29-23)15-7-9-17(24)10-8-15/h2-13H,14H2,1H3/t23-/m0/s1. The average Bonchev–Trinajstić information content (AvgIpc) is 3.10. The van der Waals surface area contributed by atoms with Crippen LogP contribution < -0.4 is 4.90 Å². The maximum absolute atomic E-state index is 6.45. The predicted molar refractivity (Wildman–Crippen MR) is 125 cm³/mol. The van der Waals surface area contributed by atoms with E-state index in [0.717, 1.165) is 27.4 Å². The summed E-state index contributed by atoms with van der Waals surface area (Å²) in [6.45, 7) is 0.453. The van der Waals surface area contributed by atoms with Crippen LogP contribution in [-0.2, 0) is 10.6 Å². The van der Waals surface area contributed by atoms with Crippen molar-refractivity contribution < 1.29 is 4.84 Å². The van der Waals surface area contributed by atoms with E-state index in [1.165, 1.54) is 0 Å². The van der Waals surface area contributed by atoms with Gasteiger partial charge in [-0.1, -0.05) is 70.9 Å². The molecule has 30 heavy (non-hydrogen) atoms. The zero-order valence-electron chi connectivity index (χ0n) is 16.0. The molecule has 0 amide bonds. The van der Waals surface area contributed by atoms with E-state index in [9.17, 15) is 0 Å². The van der Waals surface area contributed by atoms with E-state index in [2.05, 4.69) is 10.1 Å². The number of rotatable bonds is 2. The highest BCUT2D eigenvalue weighted by atomic mass is 35.5. The minimum absolute atomic E-state index is 0.453. The van der Waals surface area contributed by atoms with Gasteiger partial charge in [-0.25, -0.2) is 0 Å². The van der Waals surface area contributed by atoms with E-state index in [-0.39, 0.29) is 0 Å². The number of nitrogens with zero attached hydrogens (tertiary/aromatic N) is 3. The molecule has 0 fully saturated rings. The molecule has 0 aromatic heterocycles. The summed E-state index contributed by atoms with van der Waals surface area (Å²) in [4.78, 5) is 11.2. The van der Waals surface area contributed by atoms with Crippen LogP contribution in [0, 0.1) is 0 Å². The first kappa shape index (κ1) is 19.4. The Balaban J connectivity index is 1.78. The molecule has 5 rings (SSSR count). The Morgan fingerprint density at radius 2 is 1.67 bits per heavy atom. The third-order valence-electron chi connectivity index (χ3n) is 5.52. The van der Waals surface area contributed by atoms with Gasteiger partial charge in [0.2, 0.25) is 0 Å². The van der Waals surface area contributed by atoms with Gasteiger partial charge in [-0.3, -0.25) is 4.90 Å². The topological polar surface area (TPSA) is 28.1 Å². The Morgan fingerprint density at radius 3 is 2.40 bits per heavy atom. The monoisotopic (exact) mass is 453 g/mol. The number of thiocarbonyl (C=S) groups is 1. The minimum atomic E-state index is -0.995. The highest BCUT2D eigenvalue weighted by Crippen LogP contribution is 2.48. The van der Waals surface area contributed by atoms with Gasteiger partial charge in [0.05, 0.1) is 12.2 Å². The van der Waals surface area contributed by atoms with Crippen molar-refractivity contribution in [2.75, 3.05) is 18.5 Å². The molecule has 0 bridgehead atoms. The summed E-state index contributed by atoms with van der Waals surface area (Å²) >= 11 is 18.3. The van der Waals surface area contributed by atoms with Crippen LogP contribution in [-0.4, -0.2) is 29.3 Å². The Kier molecular flexibility index (Phi) is 4.69. The van der Waals surface area contributed by atoms with Crippen molar-refractivity contribution in [3.05, 3.63) is 99.5 Å². The van der Waals surface area contributed by atoms with Crippen LogP contribution >= 0.6 is 35.4 Å². The fourth-order valence-electron chi connectivity index (χ4n) is 4.02. The number of benzene rings is 3. The predicted octanol–water partition coefficient (Wildman–Crippen LogP) is 5.67. The quantitative estimate of drug-likeness (QED) is 0.467. The van der Waals surface area contributed by atoms with E-state index in [0.29, 0.717) is 22.4 Å². The zero-order valence-corrected chi connectivity index (χ0v) is 18.4. The summed E-state index contributed by atoms with van der Waals surface area (Å²) in [6, 6.07) is 23.3. The molecule has 150 valence electrons. The molecule has 7 heteroatoms. The minimum Gasteiger partial charge on any atom is -0.355 e. The Bertz CT molecular complexity index is 1170. The maximum Gasteiger partial charge on any atom is 0.265 e. The molecule has 0 radical (unpaired) electrons. The Labute approximate surface area is 190 Å². The molecule has 2 aliphatic rings. The summed E-state index contributed by atoms with van der Waals surface area (Å²) in [7, 11) is 1.97. The number of hydrogen-bond donors (Lipinski definition) is 0. The molecule has 0 saturated carbocycles. The van der Waals surface area contributed by atoms with Gasteiger partial charge in [0.25, 0.3) is 5.72 Å². The van der Waals surface area contributed by atoms with E-state index in [4.69, 9.17) is 40.3 Å². The Morgan fingerprint density at radius 1 is 0.967 bits per heavy atom. The first-order valence-corrected chi connectivity index (χ1v) is 10.6. The SMILES string of the molecule is CN1C(=S)CN2C(c3ccc(Cl)cc3)=NO[C@@]2(c2ccccc2)c2cc(Cl)ccc21. The molecule has 0 unspecified atom stereocenters. The fourth-order valence-corrected chi connectivity index (χ4v) is 4.55. The van der Waals surface area contributed by atoms with Crippen molar-refractivity contribution in [1.82, 2.24) is 4.90 Å². The molecule has 0 spiro atoms. The number of hydrogen-bond acceptors (Lipinski definition) is 4. The van der Waals surface area contributed by atoms with Crippen molar-refractivity contribution in [3.8, 4) is 0 Å². The smallest absolute Gasteiger partial charge is 0.265 e. The van der Waals surface area contributed by atoms with Gasteiger partial charge in [-0.05, 0) is 42.5 Å². The van der Waals surface area contributed by atoms with Crippen molar-refractivity contribution >= 4 is 51.9 Å². The second-order valence-corrected chi connectivity index (χ2v) is 8.57. The van der Waals surface area contributed by atoms with Gasteiger partial charge in [0.1, 0.15) is 4.99 Å². The second-order valence-electron chi connectivity index (χ2n) is 7.22. The molecule has 0 saturated heterocycles. The number of oxime groups is 1. The molecule has 1 atom stereocenters. The van der Waals surface area contributed by atoms with Gasteiger partial charge in [-0.15, -0.1) is 0 Å². The molecule has 2 heterocycles. The second kappa shape index (κ2) is 7.27. The first-order valence-electron chi connectivity index (χ1n) is 9.42. The molecule has 0 N–H and O–H groups in total. The van der Waals surface area contributed by atoms with Gasteiger partial charge < -0.3 is 9.74 Å². The van der Waals surface area contributed by atoms with Gasteiger partial charge in [0.15, 0.2) is 5.84 Å². The molecular formula is C23H17Cl2N3OS. The molecule has 2 aliphatic heterocycles. The van der Waals surface area contributed by atoms with E-state index in [1.54, 1.807) is 0 Å². The number of amidine groups is 1. The lowest BCUT2D eigenvalue weighted by atomic mass is 9.91. The fraction of sp³-hybridized carbons (Fsp3) is 0.130. The molecular weight excluding hydrogens is 437 g/mol. The lowest BCUT2D eigenvalue weighted by Crippen LogP contribution is -2.48. The third-order valence-corrected chi connectivity index (χ3v) is 6.41. The van der Waals surface area contributed by atoms with Gasteiger partial charge in [-0.2, -0.15) is 0 Å². The summed E-state index contributed by atoms with van der Waals surface area (Å²) < 4.78 is 0. The maximum atomic E-state index is 6.45. The molecule has 0 aliphatic carbocycles. The highest BCUT2D eigenvalue weighted by molar-refractivity contribution is 7.80. The summed E-state index contributed by atoms with van der Waals surface area (Å²) in [5.74, 6) is 0.694. The summed E-state index contributed by atoms with van der Waals surface area (Å²) in [5, 5.41) is 5.82. The van der Waals surface area contributed by atoms with E-state index >= 15 is 0 Å². The van der Waals surface area contributed by atoms with Crippen molar-refractivity contribution in [1.29, 1.82) is 0 Å². The van der Waals surface area contributed by atoms with Crippen molar-refractivity contribution in [3.63, 3.8) is 0 Å². The zero-order chi connectivity index (χ0) is 20.9. The number of fused-ring (bicyclic) bond motifs is 3. The van der Waals surface area contributed by atoms with Gasteiger partial charge in [0, 0.05) is 33.8 Å². The van der Waals surface area contributed by atoms with Gasteiger partial charge >= 0.3 is 0 Å². The van der Waals surface area contributed by atoms with Crippen LogP contribution in [0.1, 0.15) is 16.7 Å². The van der Waals surface area contributed by atoms with Crippen LogP contribution in [0.15, 0.2) is 78.0 Å². The van der Waals surface area contributed by atoms with Crippen LogP contribution in [0.25, 0.3) is 0 Å². The van der Waals surface area contributed by atoms with E-state index in [1.807, 2.05) is 84.7 Å². The highest BCUT2D eigenvalue weighted by Gasteiger charge is 2.53. The molecule has 3 aromatic rings. The van der Waals surface area contributed by atoms with Crippen LogP contribution in [0.5, 0.6) is 0 Å². The number of anilines is 1. The van der Waals surface area contributed by atoms with Crippen LogP contribution in [0.2, 0.25) is 10.0 Å². The summed E-state index contributed by atoms with van der Waals surface area (Å²) in [6.07, 6.45) is 0. The van der Waals surface area contributed by atoms with Crippen molar-refractivity contribution in [2.45, 2.75) is 5.72 Å². The number of halogens is 2. The molecule has 3 aromatic carbocycles. The lowest BCUT2D eigenvalue weighted by molar-refractivity contribution is -0.0644. The van der Waals surface area contributed by atoms with E-state index < -0.39 is 5.72 Å². The number of likely N-dealkylation sites (N-methyl/N-ethyl adjacent to an activating group) is 1. The van der Waals surface area contributed by atoms with Crippen molar-refractivity contribution in [2.24, 2.45) is 5.16 Å². The van der Waals surface area contributed by atoms with Crippen LogP contribution in [0.3, 0.4) is 0 Å². The average molecular weight is 454 g/mol. The van der Waals surface area contributed by atoms with Crippen LogP contribution in [0.4, 0.5) is 5.69 Å². The Hall–Kier alpha value is -2.60.